The maximum Gasteiger partial charge on any atom is 0.118 e. The number of benzene rings is 1. The molecule has 3 nitrogen and oxygen atoms in total. The van der Waals surface area contributed by atoms with Crippen LogP contribution in [0.15, 0.2) is 24.3 Å². The van der Waals surface area contributed by atoms with Crippen LogP contribution in [0.1, 0.15) is 44.1 Å². The van der Waals surface area contributed by atoms with E-state index < -0.39 is 0 Å². The predicted octanol–water partition coefficient (Wildman–Crippen LogP) is 2.94. The van der Waals surface area contributed by atoms with Gasteiger partial charge in [0.1, 0.15) is 5.75 Å². The largest absolute Gasteiger partial charge is 0.497 e. The third kappa shape index (κ3) is 4.22. The Hall–Kier alpha value is -1.06. The van der Waals surface area contributed by atoms with Gasteiger partial charge in [-0.3, -0.25) is 0 Å². The molecule has 2 rings (SSSR count). The molecule has 0 bridgehead atoms. The molecule has 1 atom stereocenters. The van der Waals surface area contributed by atoms with Crippen molar-refractivity contribution >= 4 is 0 Å². The Morgan fingerprint density at radius 1 is 1.20 bits per heavy atom. The number of ether oxygens (including phenoxy) is 1. The molecule has 0 saturated heterocycles. The monoisotopic (exact) mass is 277 g/mol. The third-order valence-electron chi connectivity index (χ3n) is 4.50. The lowest BCUT2D eigenvalue weighted by molar-refractivity contribution is 0.175. The van der Waals surface area contributed by atoms with Gasteiger partial charge in [0.15, 0.2) is 0 Å². The first-order valence-electron chi connectivity index (χ1n) is 7.71. The van der Waals surface area contributed by atoms with Crippen molar-refractivity contribution in [1.82, 2.24) is 5.32 Å². The number of methoxy groups -OCH3 is 1. The Morgan fingerprint density at radius 2 is 1.85 bits per heavy atom. The van der Waals surface area contributed by atoms with E-state index in [1.54, 1.807) is 7.11 Å². The zero-order chi connectivity index (χ0) is 14.4. The fraction of sp³-hybridized carbons (Fsp3) is 0.647. The van der Waals surface area contributed by atoms with Crippen molar-refractivity contribution in [2.75, 3.05) is 20.3 Å². The van der Waals surface area contributed by atoms with Crippen LogP contribution in [0.3, 0.4) is 0 Å². The van der Waals surface area contributed by atoms with Crippen LogP contribution in [-0.2, 0) is 0 Å². The van der Waals surface area contributed by atoms with Crippen LogP contribution >= 0.6 is 0 Å². The minimum absolute atomic E-state index is 0.356. The fourth-order valence-electron chi connectivity index (χ4n) is 2.94. The van der Waals surface area contributed by atoms with Gasteiger partial charge in [-0.05, 0) is 55.2 Å². The number of hydrogen-bond donors (Lipinski definition) is 2. The first-order chi connectivity index (χ1) is 9.72. The molecule has 1 saturated carbocycles. The Balaban J connectivity index is 1.75. The predicted molar refractivity (Wildman–Crippen MR) is 82.2 cm³/mol. The van der Waals surface area contributed by atoms with Gasteiger partial charge in [0.2, 0.25) is 0 Å². The lowest BCUT2D eigenvalue weighted by atomic mass is 9.86. The second kappa shape index (κ2) is 7.65. The summed E-state index contributed by atoms with van der Waals surface area (Å²) in [6.45, 7) is 3.63. The SMILES string of the molecule is COc1ccc(C(C)CNC2CCC(CO)CC2)cc1. The number of rotatable bonds is 6. The topological polar surface area (TPSA) is 41.5 Å². The van der Waals surface area contributed by atoms with Gasteiger partial charge in [-0.2, -0.15) is 0 Å². The molecule has 0 aromatic heterocycles. The summed E-state index contributed by atoms with van der Waals surface area (Å²) in [5.41, 5.74) is 1.35. The van der Waals surface area contributed by atoms with E-state index in [0.717, 1.165) is 25.1 Å². The number of nitrogens with one attached hydrogen (secondary N) is 1. The minimum Gasteiger partial charge on any atom is -0.497 e. The summed E-state index contributed by atoms with van der Waals surface area (Å²) < 4.78 is 5.19. The van der Waals surface area contributed by atoms with E-state index >= 15 is 0 Å². The molecule has 20 heavy (non-hydrogen) atoms. The summed E-state index contributed by atoms with van der Waals surface area (Å²) in [6, 6.07) is 8.97. The summed E-state index contributed by atoms with van der Waals surface area (Å²) in [5, 5.41) is 12.8. The van der Waals surface area contributed by atoms with Crippen molar-refractivity contribution in [3.8, 4) is 5.75 Å². The van der Waals surface area contributed by atoms with Crippen LogP contribution in [0.5, 0.6) is 5.75 Å². The zero-order valence-electron chi connectivity index (χ0n) is 12.6. The van der Waals surface area contributed by atoms with Gasteiger partial charge in [-0.15, -0.1) is 0 Å². The summed E-state index contributed by atoms with van der Waals surface area (Å²) in [4.78, 5) is 0. The highest BCUT2D eigenvalue weighted by molar-refractivity contribution is 5.29. The molecule has 1 fully saturated rings. The number of aliphatic hydroxyl groups excluding tert-OH is 1. The molecule has 0 amide bonds. The highest BCUT2D eigenvalue weighted by Gasteiger charge is 2.20. The Labute approximate surface area is 122 Å². The summed E-state index contributed by atoms with van der Waals surface area (Å²) in [7, 11) is 1.70. The van der Waals surface area contributed by atoms with Gasteiger partial charge in [-0.25, -0.2) is 0 Å². The second-order valence-electron chi connectivity index (χ2n) is 5.98. The molecule has 3 heteroatoms. The minimum atomic E-state index is 0.356. The zero-order valence-corrected chi connectivity index (χ0v) is 12.6. The lowest BCUT2D eigenvalue weighted by Crippen LogP contribution is -2.35. The summed E-state index contributed by atoms with van der Waals surface area (Å²) in [5.74, 6) is 1.96. The molecule has 0 heterocycles. The van der Waals surface area contributed by atoms with Crippen LogP contribution in [0.25, 0.3) is 0 Å². The maximum absolute atomic E-state index is 9.16. The van der Waals surface area contributed by atoms with Crippen LogP contribution < -0.4 is 10.1 Å². The second-order valence-corrected chi connectivity index (χ2v) is 5.98. The lowest BCUT2D eigenvalue weighted by Gasteiger charge is -2.29. The molecular formula is C17H27NO2. The van der Waals surface area contributed by atoms with E-state index in [1.807, 2.05) is 12.1 Å². The van der Waals surface area contributed by atoms with Gasteiger partial charge in [-0.1, -0.05) is 19.1 Å². The van der Waals surface area contributed by atoms with E-state index in [1.165, 1.54) is 18.4 Å². The Kier molecular flexibility index (Phi) is 5.86. The molecular weight excluding hydrogens is 250 g/mol. The van der Waals surface area contributed by atoms with E-state index in [0.29, 0.717) is 24.5 Å². The van der Waals surface area contributed by atoms with Gasteiger partial charge in [0, 0.05) is 19.2 Å². The normalized spacial score (nSPS) is 24.4. The van der Waals surface area contributed by atoms with E-state index in [4.69, 9.17) is 9.84 Å². The first-order valence-corrected chi connectivity index (χ1v) is 7.71. The molecule has 0 spiro atoms. The van der Waals surface area contributed by atoms with Crippen LogP contribution in [0.4, 0.5) is 0 Å². The smallest absolute Gasteiger partial charge is 0.118 e. The van der Waals surface area contributed by atoms with Crippen molar-refractivity contribution in [3.63, 3.8) is 0 Å². The van der Waals surface area contributed by atoms with E-state index in [9.17, 15) is 0 Å². The first kappa shape index (κ1) is 15.3. The van der Waals surface area contributed by atoms with Crippen molar-refractivity contribution in [2.45, 2.75) is 44.6 Å². The Bertz CT molecular complexity index is 382. The van der Waals surface area contributed by atoms with Gasteiger partial charge in [0.05, 0.1) is 7.11 Å². The molecule has 1 aliphatic rings. The average molecular weight is 277 g/mol. The maximum atomic E-state index is 9.16. The van der Waals surface area contributed by atoms with Crippen LogP contribution in [-0.4, -0.2) is 31.4 Å². The summed E-state index contributed by atoms with van der Waals surface area (Å²) in [6.07, 6.45) is 4.71. The van der Waals surface area contributed by atoms with Crippen molar-refractivity contribution in [3.05, 3.63) is 29.8 Å². The quantitative estimate of drug-likeness (QED) is 0.840. The molecule has 2 N–H and O–H groups in total. The van der Waals surface area contributed by atoms with Gasteiger partial charge >= 0.3 is 0 Å². The molecule has 0 radical (unpaired) electrons. The van der Waals surface area contributed by atoms with Crippen molar-refractivity contribution in [2.24, 2.45) is 5.92 Å². The standard InChI is InChI=1S/C17H27NO2/c1-13(15-5-9-17(20-2)10-6-15)11-18-16-7-3-14(12-19)4-8-16/h5-6,9-10,13-14,16,18-19H,3-4,7-8,11-12H2,1-2H3. The Morgan fingerprint density at radius 3 is 2.40 bits per heavy atom. The highest BCUT2D eigenvalue weighted by Crippen LogP contribution is 2.24. The van der Waals surface area contributed by atoms with E-state index in [-0.39, 0.29) is 0 Å². The molecule has 112 valence electrons. The molecule has 1 aliphatic carbocycles. The van der Waals surface area contributed by atoms with Gasteiger partial charge < -0.3 is 15.2 Å². The van der Waals surface area contributed by atoms with Crippen LogP contribution in [0, 0.1) is 5.92 Å². The molecule has 1 unspecified atom stereocenters. The van der Waals surface area contributed by atoms with Crippen molar-refractivity contribution < 1.29 is 9.84 Å². The summed E-state index contributed by atoms with van der Waals surface area (Å²) >= 11 is 0. The molecule has 1 aromatic rings. The van der Waals surface area contributed by atoms with Crippen molar-refractivity contribution in [1.29, 1.82) is 0 Å². The van der Waals surface area contributed by atoms with E-state index in [2.05, 4.69) is 24.4 Å². The number of hydrogen-bond acceptors (Lipinski definition) is 3. The highest BCUT2D eigenvalue weighted by atomic mass is 16.5. The molecule has 0 aliphatic heterocycles. The fourth-order valence-corrected chi connectivity index (χ4v) is 2.94. The average Bonchev–Trinajstić information content (AvgIpc) is 2.53. The van der Waals surface area contributed by atoms with Gasteiger partial charge in [0.25, 0.3) is 0 Å². The molecule has 1 aromatic carbocycles. The third-order valence-corrected chi connectivity index (χ3v) is 4.50. The van der Waals surface area contributed by atoms with Crippen LogP contribution in [0.2, 0.25) is 0 Å². The number of aliphatic hydroxyl groups is 1.